The summed E-state index contributed by atoms with van der Waals surface area (Å²) < 4.78 is 28.5. The summed E-state index contributed by atoms with van der Waals surface area (Å²) >= 11 is 0. The van der Waals surface area contributed by atoms with Gasteiger partial charge >= 0.3 is 0 Å². The minimum atomic E-state index is -3.83. The molecule has 0 unspecified atom stereocenters. The fourth-order valence-electron chi connectivity index (χ4n) is 2.52. The summed E-state index contributed by atoms with van der Waals surface area (Å²) in [7, 11) is -3.83. The number of rotatable bonds is 3. The van der Waals surface area contributed by atoms with Crippen LogP contribution in [0.5, 0.6) is 5.75 Å². The monoisotopic (exact) mass is 332 g/mol. The van der Waals surface area contributed by atoms with Crippen molar-refractivity contribution in [3.63, 3.8) is 0 Å². The van der Waals surface area contributed by atoms with Crippen molar-refractivity contribution in [2.24, 2.45) is 5.14 Å². The van der Waals surface area contributed by atoms with Crippen molar-refractivity contribution in [2.45, 2.75) is 18.2 Å². The van der Waals surface area contributed by atoms with Gasteiger partial charge in [-0.05, 0) is 48.4 Å². The summed E-state index contributed by atoms with van der Waals surface area (Å²) in [6, 6.07) is 9.83. The van der Waals surface area contributed by atoms with Gasteiger partial charge in [0.25, 0.3) is 5.91 Å². The van der Waals surface area contributed by atoms with Crippen molar-refractivity contribution in [2.75, 3.05) is 11.9 Å². The number of carbonyl (C=O) groups is 1. The summed E-state index contributed by atoms with van der Waals surface area (Å²) in [5.41, 5.74) is 2.39. The predicted octanol–water partition coefficient (Wildman–Crippen LogP) is 1.83. The highest BCUT2D eigenvalue weighted by Gasteiger charge is 2.16. The molecule has 0 aliphatic carbocycles. The molecule has 0 bridgehead atoms. The van der Waals surface area contributed by atoms with Crippen molar-refractivity contribution >= 4 is 21.6 Å². The number of sulfonamides is 1. The lowest BCUT2D eigenvalue weighted by atomic mass is 10.1. The second-order valence-corrected chi connectivity index (χ2v) is 6.93. The Morgan fingerprint density at radius 1 is 1.22 bits per heavy atom. The zero-order valence-electron chi connectivity index (χ0n) is 12.5. The van der Waals surface area contributed by atoms with E-state index >= 15 is 0 Å². The molecule has 1 aliphatic rings. The Morgan fingerprint density at radius 2 is 2.00 bits per heavy atom. The van der Waals surface area contributed by atoms with Gasteiger partial charge in [-0.2, -0.15) is 0 Å². The highest BCUT2D eigenvalue weighted by atomic mass is 32.2. The van der Waals surface area contributed by atoms with Crippen LogP contribution in [-0.2, 0) is 16.4 Å². The van der Waals surface area contributed by atoms with E-state index in [0.29, 0.717) is 23.4 Å². The van der Waals surface area contributed by atoms with Gasteiger partial charge in [0.15, 0.2) is 0 Å². The van der Waals surface area contributed by atoms with Crippen molar-refractivity contribution in [1.29, 1.82) is 0 Å². The third kappa shape index (κ3) is 3.20. The van der Waals surface area contributed by atoms with Gasteiger partial charge in [0.1, 0.15) is 5.75 Å². The maximum Gasteiger partial charge on any atom is 0.255 e. The highest BCUT2D eigenvalue weighted by Crippen LogP contribution is 2.26. The molecule has 0 radical (unpaired) electrons. The van der Waals surface area contributed by atoms with Gasteiger partial charge in [0.05, 0.1) is 11.5 Å². The summed E-state index contributed by atoms with van der Waals surface area (Å²) in [4.78, 5) is 12.3. The van der Waals surface area contributed by atoms with E-state index in [9.17, 15) is 13.2 Å². The Labute approximate surface area is 134 Å². The molecule has 2 aromatic rings. The van der Waals surface area contributed by atoms with Gasteiger partial charge in [-0.3, -0.25) is 4.79 Å². The van der Waals surface area contributed by atoms with Crippen molar-refractivity contribution in [3.05, 3.63) is 53.1 Å². The number of hydrogen-bond acceptors (Lipinski definition) is 4. The normalized spacial score (nSPS) is 13.3. The summed E-state index contributed by atoms with van der Waals surface area (Å²) in [5, 5.41) is 7.86. The van der Waals surface area contributed by atoms with Crippen LogP contribution >= 0.6 is 0 Å². The number of hydrogen-bond donors (Lipinski definition) is 2. The first-order chi connectivity index (χ1) is 10.8. The van der Waals surface area contributed by atoms with Gasteiger partial charge < -0.3 is 10.1 Å². The fraction of sp³-hybridized carbons (Fsp3) is 0.188. The van der Waals surface area contributed by atoms with Crippen molar-refractivity contribution < 1.29 is 17.9 Å². The van der Waals surface area contributed by atoms with Gasteiger partial charge in [0, 0.05) is 17.7 Å². The number of aryl methyl sites for hydroxylation is 1. The minimum Gasteiger partial charge on any atom is -0.493 e. The molecule has 120 valence electrons. The molecule has 23 heavy (non-hydrogen) atoms. The zero-order valence-corrected chi connectivity index (χ0v) is 13.3. The lowest BCUT2D eigenvalue weighted by Gasteiger charge is -2.09. The number of carbonyl (C=O) groups excluding carboxylic acids is 1. The SMILES string of the molecule is Cc1ccc(NC(=O)c2ccc3c(c2)CCO3)cc1S(N)(=O)=O. The predicted molar refractivity (Wildman–Crippen MR) is 86.1 cm³/mol. The molecular weight excluding hydrogens is 316 g/mol. The van der Waals surface area contributed by atoms with E-state index in [1.807, 2.05) is 0 Å². The molecular formula is C16H16N2O4S. The van der Waals surface area contributed by atoms with Gasteiger partial charge in [-0.25, -0.2) is 13.6 Å². The molecule has 0 aromatic heterocycles. The van der Waals surface area contributed by atoms with E-state index in [1.54, 1.807) is 37.3 Å². The Hall–Kier alpha value is -2.38. The second-order valence-electron chi connectivity index (χ2n) is 5.40. The Bertz CT molecular complexity index is 891. The molecule has 0 saturated carbocycles. The Kier molecular flexibility index (Phi) is 3.83. The molecule has 6 nitrogen and oxygen atoms in total. The summed E-state index contributed by atoms with van der Waals surface area (Å²) in [6.45, 7) is 2.27. The number of fused-ring (bicyclic) bond motifs is 1. The smallest absolute Gasteiger partial charge is 0.255 e. The topological polar surface area (TPSA) is 98.5 Å². The molecule has 1 heterocycles. The number of nitrogens with one attached hydrogen (secondary N) is 1. The average molecular weight is 332 g/mol. The molecule has 2 aromatic carbocycles. The van der Waals surface area contributed by atoms with Crippen LogP contribution in [0.4, 0.5) is 5.69 Å². The van der Waals surface area contributed by atoms with Gasteiger partial charge in [-0.1, -0.05) is 6.07 Å². The van der Waals surface area contributed by atoms with Crippen LogP contribution in [0.2, 0.25) is 0 Å². The Balaban J connectivity index is 1.86. The first-order valence-electron chi connectivity index (χ1n) is 7.05. The summed E-state index contributed by atoms with van der Waals surface area (Å²) in [6.07, 6.45) is 0.774. The number of ether oxygens (including phenoxy) is 1. The third-order valence-electron chi connectivity index (χ3n) is 3.70. The number of amides is 1. The molecule has 0 fully saturated rings. The van der Waals surface area contributed by atoms with Gasteiger partial charge in [-0.15, -0.1) is 0 Å². The number of benzene rings is 2. The van der Waals surface area contributed by atoms with Crippen molar-refractivity contribution in [3.8, 4) is 5.75 Å². The molecule has 3 N–H and O–H groups in total. The van der Waals surface area contributed by atoms with Crippen LogP contribution in [0.25, 0.3) is 0 Å². The number of anilines is 1. The van der Waals surface area contributed by atoms with E-state index in [0.717, 1.165) is 17.7 Å². The van der Waals surface area contributed by atoms with Crippen LogP contribution in [0.1, 0.15) is 21.5 Å². The molecule has 7 heteroatoms. The lowest BCUT2D eigenvalue weighted by molar-refractivity contribution is 0.102. The van der Waals surface area contributed by atoms with Crippen LogP contribution in [-0.4, -0.2) is 20.9 Å². The first kappa shape index (κ1) is 15.5. The first-order valence-corrected chi connectivity index (χ1v) is 8.60. The zero-order chi connectivity index (χ0) is 16.6. The maximum atomic E-state index is 12.3. The quantitative estimate of drug-likeness (QED) is 0.896. The average Bonchev–Trinajstić information content (AvgIpc) is 2.95. The molecule has 1 aliphatic heterocycles. The van der Waals surface area contributed by atoms with E-state index in [-0.39, 0.29) is 10.8 Å². The molecule has 1 amide bonds. The minimum absolute atomic E-state index is 0.00217. The third-order valence-corrected chi connectivity index (χ3v) is 4.76. The lowest BCUT2D eigenvalue weighted by Crippen LogP contribution is -2.16. The Morgan fingerprint density at radius 3 is 2.74 bits per heavy atom. The standard InChI is InChI=1S/C16H16N2O4S/c1-10-2-4-13(9-15(10)23(17,20)21)18-16(19)12-3-5-14-11(8-12)6-7-22-14/h2-5,8-9H,6-7H2,1H3,(H,18,19)(H2,17,20,21). The second kappa shape index (κ2) is 5.68. The summed E-state index contributed by atoms with van der Waals surface area (Å²) in [5.74, 6) is 0.484. The van der Waals surface area contributed by atoms with Crippen LogP contribution in [0.15, 0.2) is 41.3 Å². The largest absolute Gasteiger partial charge is 0.493 e. The van der Waals surface area contributed by atoms with E-state index in [4.69, 9.17) is 9.88 Å². The number of primary sulfonamides is 1. The number of nitrogens with two attached hydrogens (primary N) is 1. The van der Waals surface area contributed by atoms with E-state index in [2.05, 4.69) is 5.32 Å². The molecule has 0 atom stereocenters. The highest BCUT2D eigenvalue weighted by molar-refractivity contribution is 7.89. The fourth-order valence-corrected chi connectivity index (χ4v) is 3.32. The van der Waals surface area contributed by atoms with Crippen LogP contribution in [0.3, 0.4) is 0 Å². The van der Waals surface area contributed by atoms with Crippen LogP contribution in [0, 0.1) is 6.92 Å². The van der Waals surface area contributed by atoms with E-state index in [1.165, 1.54) is 6.07 Å². The van der Waals surface area contributed by atoms with Crippen molar-refractivity contribution in [1.82, 2.24) is 0 Å². The van der Waals surface area contributed by atoms with E-state index < -0.39 is 10.0 Å². The molecule has 3 rings (SSSR count). The molecule has 0 saturated heterocycles. The molecule has 0 spiro atoms. The maximum absolute atomic E-state index is 12.3. The van der Waals surface area contributed by atoms with Crippen LogP contribution < -0.4 is 15.2 Å². The van der Waals surface area contributed by atoms with Gasteiger partial charge in [0.2, 0.25) is 10.0 Å².